The van der Waals surface area contributed by atoms with Gasteiger partial charge >= 0.3 is 5.97 Å². The second kappa shape index (κ2) is 4.50. The Balaban J connectivity index is 2.51. The summed E-state index contributed by atoms with van der Waals surface area (Å²) in [4.78, 5) is 24.0. The van der Waals surface area contributed by atoms with E-state index in [0.29, 0.717) is 25.2 Å². The van der Waals surface area contributed by atoms with Crippen molar-refractivity contribution >= 4 is 11.9 Å². The van der Waals surface area contributed by atoms with Gasteiger partial charge in [0.1, 0.15) is 0 Å². The van der Waals surface area contributed by atoms with Crippen LogP contribution in [0, 0.1) is 28.6 Å². The maximum atomic E-state index is 12.3. The van der Waals surface area contributed by atoms with Gasteiger partial charge in [-0.3, -0.25) is 9.59 Å². The van der Waals surface area contributed by atoms with E-state index in [1.54, 1.807) is 0 Å². The number of carboxylic acid groups (broad SMARTS) is 1. The summed E-state index contributed by atoms with van der Waals surface area (Å²) in [6.07, 6.45) is 3.81. The average molecular weight is 267 g/mol. The number of hydrogen-bond donors (Lipinski definition) is 2. The van der Waals surface area contributed by atoms with Gasteiger partial charge in [0.25, 0.3) is 0 Å². The molecule has 3 N–H and O–H groups in total. The molecule has 0 spiro atoms. The largest absolute Gasteiger partial charge is 0.481 e. The molecular weight excluding hydrogens is 242 g/mol. The third-order valence-corrected chi connectivity index (χ3v) is 5.53. The summed E-state index contributed by atoms with van der Waals surface area (Å²) in [5, 5.41) is 9.65. The third kappa shape index (κ3) is 1.87. The van der Waals surface area contributed by atoms with Crippen LogP contribution in [0.15, 0.2) is 0 Å². The molecule has 0 aliphatic heterocycles. The van der Waals surface area contributed by atoms with Crippen LogP contribution in [0.3, 0.4) is 0 Å². The standard InChI is InChI=1S/C15H25NO3/c1-9(2)11-5-4-10(3)8-15(11,12(16)17)14(6-7-14)13(18)19/h9-11H,4-8H2,1-3H3,(H2,16,17)(H,18,19)/t10-,11+,15-/m0/s1. The topological polar surface area (TPSA) is 80.4 Å². The van der Waals surface area contributed by atoms with Crippen LogP contribution >= 0.6 is 0 Å². The number of primary amides is 1. The maximum absolute atomic E-state index is 12.3. The summed E-state index contributed by atoms with van der Waals surface area (Å²) < 4.78 is 0. The normalized spacial score (nSPS) is 37.1. The van der Waals surface area contributed by atoms with Gasteiger partial charge in [-0.15, -0.1) is 0 Å². The molecule has 0 radical (unpaired) electrons. The Kier molecular flexibility index (Phi) is 3.40. The van der Waals surface area contributed by atoms with Crippen LogP contribution in [0.25, 0.3) is 0 Å². The number of carbonyl (C=O) groups is 2. The fourth-order valence-corrected chi connectivity index (χ4v) is 4.46. The quantitative estimate of drug-likeness (QED) is 0.820. The summed E-state index contributed by atoms with van der Waals surface area (Å²) in [7, 11) is 0. The van der Waals surface area contributed by atoms with Crippen molar-refractivity contribution in [3.63, 3.8) is 0 Å². The lowest BCUT2D eigenvalue weighted by atomic mass is 9.52. The molecule has 0 heterocycles. The third-order valence-electron chi connectivity index (χ3n) is 5.53. The van der Waals surface area contributed by atoms with E-state index in [-0.39, 0.29) is 11.8 Å². The highest BCUT2D eigenvalue weighted by molar-refractivity contribution is 5.92. The van der Waals surface area contributed by atoms with E-state index in [1.165, 1.54) is 0 Å². The van der Waals surface area contributed by atoms with Crippen LogP contribution in [0.5, 0.6) is 0 Å². The zero-order valence-electron chi connectivity index (χ0n) is 12.1. The predicted octanol–water partition coefficient (Wildman–Crippen LogP) is 2.42. The molecule has 1 amide bonds. The molecule has 0 saturated heterocycles. The molecule has 2 fully saturated rings. The van der Waals surface area contributed by atoms with Crippen LogP contribution < -0.4 is 5.73 Å². The van der Waals surface area contributed by atoms with E-state index in [1.807, 2.05) is 0 Å². The van der Waals surface area contributed by atoms with Crippen LogP contribution in [0.4, 0.5) is 0 Å². The predicted molar refractivity (Wildman–Crippen MR) is 72.3 cm³/mol. The Morgan fingerprint density at radius 1 is 1.26 bits per heavy atom. The molecular formula is C15H25NO3. The molecule has 2 aliphatic carbocycles. The Hall–Kier alpha value is -1.06. The van der Waals surface area contributed by atoms with Gasteiger partial charge in [0.05, 0.1) is 10.8 Å². The SMILES string of the molecule is CC(C)[C@H]1CC[C@H](C)C[C@]1(C(N)=O)C1(C(=O)O)CC1. The first-order valence-corrected chi connectivity index (χ1v) is 7.31. The fraction of sp³-hybridized carbons (Fsp3) is 0.867. The molecule has 2 rings (SSSR count). The van der Waals surface area contributed by atoms with Crippen molar-refractivity contribution in [3.05, 3.63) is 0 Å². The van der Waals surface area contributed by atoms with Crippen molar-refractivity contribution in [1.29, 1.82) is 0 Å². The average Bonchev–Trinajstić information content (AvgIpc) is 3.08. The van der Waals surface area contributed by atoms with Gasteiger partial charge in [-0.05, 0) is 43.4 Å². The van der Waals surface area contributed by atoms with E-state index in [0.717, 1.165) is 12.8 Å². The van der Waals surface area contributed by atoms with Crippen LogP contribution in [-0.4, -0.2) is 17.0 Å². The minimum atomic E-state index is -0.886. The number of aliphatic carboxylic acids is 1. The van der Waals surface area contributed by atoms with E-state index in [4.69, 9.17) is 5.73 Å². The van der Waals surface area contributed by atoms with E-state index in [9.17, 15) is 14.7 Å². The summed E-state index contributed by atoms with van der Waals surface area (Å²) in [6.45, 7) is 6.26. The molecule has 3 atom stereocenters. The smallest absolute Gasteiger partial charge is 0.310 e. The lowest BCUT2D eigenvalue weighted by molar-refractivity contribution is -0.165. The van der Waals surface area contributed by atoms with Gasteiger partial charge in [0.2, 0.25) is 5.91 Å². The first kappa shape index (κ1) is 14.4. The molecule has 108 valence electrons. The maximum Gasteiger partial charge on any atom is 0.310 e. The minimum Gasteiger partial charge on any atom is -0.481 e. The molecule has 2 aliphatic rings. The van der Waals surface area contributed by atoms with Gasteiger partial charge in [-0.25, -0.2) is 0 Å². The van der Waals surface area contributed by atoms with Crippen LogP contribution in [0.2, 0.25) is 0 Å². The van der Waals surface area contributed by atoms with Crippen molar-refractivity contribution in [2.45, 2.75) is 52.9 Å². The van der Waals surface area contributed by atoms with Gasteiger partial charge in [0, 0.05) is 0 Å². The van der Waals surface area contributed by atoms with Gasteiger partial charge in [-0.1, -0.05) is 27.2 Å². The Morgan fingerprint density at radius 3 is 2.21 bits per heavy atom. The van der Waals surface area contributed by atoms with Crippen molar-refractivity contribution < 1.29 is 14.7 Å². The summed E-state index contributed by atoms with van der Waals surface area (Å²) >= 11 is 0. The van der Waals surface area contributed by atoms with Crippen molar-refractivity contribution in [2.24, 2.45) is 34.3 Å². The second-order valence-corrected chi connectivity index (χ2v) is 6.96. The molecule has 0 aromatic heterocycles. The number of rotatable bonds is 4. The first-order chi connectivity index (χ1) is 8.78. The monoisotopic (exact) mass is 267 g/mol. The molecule has 19 heavy (non-hydrogen) atoms. The summed E-state index contributed by atoms with van der Waals surface area (Å²) in [5.74, 6) is -0.459. The molecule has 2 saturated carbocycles. The minimum absolute atomic E-state index is 0.0970. The van der Waals surface area contributed by atoms with Gasteiger partial charge < -0.3 is 10.8 Å². The summed E-state index contributed by atoms with van der Waals surface area (Å²) in [5.41, 5.74) is 4.03. The molecule has 0 bridgehead atoms. The molecule has 0 aromatic carbocycles. The highest BCUT2D eigenvalue weighted by Gasteiger charge is 2.70. The Morgan fingerprint density at radius 2 is 1.84 bits per heavy atom. The van der Waals surface area contributed by atoms with Gasteiger partial charge in [0.15, 0.2) is 0 Å². The molecule has 4 heteroatoms. The Bertz CT molecular complexity index is 400. The highest BCUT2D eigenvalue weighted by Crippen LogP contribution is 2.67. The Labute approximate surface area is 114 Å². The highest BCUT2D eigenvalue weighted by atomic mass is 16.4. The fourth-order valence-electron chi connectivity index (χ4n) is 4.46. The lowest BCUT2D eigenvalue weighted by Crippen LogP contribution is -2.56. The number of amides is 1. The first-order valence-electron chi connectivity index (χ1n) is 7.31. The van der Waals surface area contributed by atoms with Crippen LogP contribution in [0.1, 0.15) is 52.9 Å². The number of carboxylic acids is 1. The van der Waals surface area contributed by atoms with Crippen molar-refractivity contribution in [2.75, 3.05) is 0 Å². The molecule has 0 unspecified atom stereocenters. The molecule has 0 aromatic rings. The zero-order valence-corrected chi connectivity index (χ0v) is 12.1. The number of hydrogen-bond acceptors (Lipinski definition) is 2. The van der Waals surface area contributed by atoms with Crippen molar-refractivity contribution in [1.82, 2.24) is 0 Å². The van der Waals surface area contributed by atoms with E-state index >= 15 is 0 Å². The number of carbonyl (C=O) groups excluding carboxylic acids is 1. The van der Waals surface area contributed by atoms with E-state index in [2.05, 4.69) is 20.8 Å². The number of nitrogens with two attached hydrogens (primary N) is 1. The molecule has 4 nitrogen and oxygen atoms in total. The van der Waals surface area contributed by atoms with Crippen LogP contribution in [-0.2, 0) is 9.59 Å². The second-order valence-electron chi connectivity index (χ2n) is 6.96. The van der Waals surface area contributed by atoms with Gasteiger partial charge in [-0.2, -0.15) is 0 Å². The lowest BCUT2D eigenvalue weighted by Gasteiger charge is -2.49. The zero-order chi connectivity index (χ0) is 14.4. The summed E-state index contributed by atoms with van der Waals surface area (Å²) in [6, 6.07) is 0. The van der Waals surface area contributed by atoms with Crippen molar-refractivity contribution in [3.8, 4) is 0 Å². The van der Waals surface area contributed by atoms with E-state index < -0.39 is 22.7 Å².